The average molecular weight is 255 g/mol. The van der Waals surface area contributed by atoms with E-state index in [2.05, 4.69) is 26.1 Å². The summed E-state index contributed by atoms with van der Waals surface area (Å²) in [4.78, 5) is 0. The molecule has 0 aliphatic heterocycles. The van der Waals surface area contributed by atoms with Gasteiger partial charge in [-0.3, -0.25) is 0 Å². The Labute approximate surface area is 109 Å². The molecule has 1 aromatic carbocycles. The minimum absolute atomic E-state index is 0.148. The lowest BCUT2D eigenvalue weighted by Gasteiger charge is -2.28. The fraction of sp³-hybridized carbons (Fsp3) is 0.600. The Morgan fingerprint density at radius 2 is 1.72 bits per heavy atom. The highest BCUT2D eigenvalue weighted by atomic mass is 19.1. The first-order valence-electron chi connectivity index (χ1n) is 6.57. The van der Waals surface area contributed by atoms with Crippen molar-refractivity contribution >= 4 is 0 Å². The Balaban J connectivity index is 3.17. The molecule has 0 radical (unpaired) electrons. The molecule has 1 rings (SSSR count). The lowest BCUT2D eigenvalue weighted by atomic mass is 9.85. The van der Waals surface area contributed by atoms with Crippen LogP contribution in [0.4, 0.5) is 8.78 Å². The Morgan fingerprint density at radius 3 is 2.22 bits per heavy atom. The molecule has 3 heteroatoms. The molecular weight excluding hydrogens is 232 g/mol. The average Bonchev–Trinajstić information content (AvgIpc) is 2.30. The second kappa shape index (κ2) is 6.28. The van der Waals surface area contributed by atoms with Crippen LogP contribution >= 0.6 is 0 Å². The topological polar surface area (TPSA) is 12.0 Å². The number of halogens is 2. The van der Waals surface area contributed by atoms with E-state index in [9.17, 15) is 8.78 Å². The van der Waals surface area contributed by atoms with Gasteiger partial charge in [0.05, 0.1) is 0 Å². The van der Waals surface area contributed by atoms with Crippen molar-refractivity contribution in [2.75, 3.05) is 6.54 Å². The molecule has 102 valence electrons. The number of benzene rings is 1. The zero-order chi connectivity index (χ0) is 13.9. The molecule has 2 unspecified atom stereocenters. The molecule has 1 aromatic rings. The molecule has 0 saturated heterocycles. The van der Waals surface area contributed by atoms with Crippen molar-refractivity contribution in [1.82, 2.24) is 5.32 Å². The second-order valence-electron chi connectivity index (χ2n) is 5.26. The molecule has 0 spiro atoms. The van der Waals surface area contributed by atoms with E-state index < -0.39 is 0 Å². The monoisotopic (exact) mass is 255 g/mol. The Morgan fingerprint density at radius 1 is 1.11 bits per heavy atom. The van der Waals surface area contributed by atoms with Crippen molar-refractivity contribution in [2.45, 2.75) is 40.7 Å². The molecule has 0 fully saturated rings. The minimum atomic E-state index is -0.342. The van der Waals surface area contributed by atoms with Gasteiger partial charge < -0.3 is 5.32 Å². The summed E-state index contributed by atoms with van der Waals surface area (Å²) in [6.07, 6.45) is 0. The number of rotatable bonds is 5. The number of nitrogens with one attached hydrogen (secondary N) is 1. The molecule has 0 saturated carbocycles. The van der Waals surface area contributed by atoms with Gasteiger partial charge in [0, 0.05) is 11.6 Å². The quantitative estimate of drug-likeness (QED) is 0.830. The summed E-state index contributed by atoms with van der Waals surface area (Å²) in [5, 5.41) is 3.26. The fourth-order valence-corrected chi connectivity index (χ4v) is 2.08. The van der Waals surface area contributed by atoms with Gasteiger partial charge in [0.15, 0.2) is 0 Å². The molecule has 1 nitrogen and oxygen atoms in total. The van der Waals surface area contributed by atoms with Gasteiger partial charge >= 0.3 is 0 Å². The van der Waals surface area contributed by atoms with E-state index in [1.165, 1.54) is 12.1 Å². The summed E-state index contributed by atoms with van der Waals surface area (Å²) in [6, 6.07) is 2.46. The fourth-order valence-electron chi connectivity index (χ4n) is 2.08. The highest BCUT2D eigenvalue weighted by Gasteiger charge is 2.24. The largest absolute Gasteiger partial charge is 0.310 e. The van der Waals surface area contributed by atoms with Crippen molar-refractivity contribution in [3.63, 3.8) is 0 Å². The Bertz CT molecular complexity index is 402. The number of hydrogen-bond acceptors (Lipinski definition) is 1. The van der Waals surface area contributed by atoms with Crippen LogP contribution in [0.25, 0.3) is 0 Å². The molecule has 0 bridgehead atoms. The molecule has 18 heavy (non-hydrogen) atoms. The number of hydrogen-bond donors (Lipinski definition) is 1. The maximum atomic E-state index is 14.0. The van der Waals surface area contributed by atoms with Crippen molar-refractivity contribution in [1.29, 1.82) is 0 Å². The van der Waals surface area contributed by atoms with Gasteiger partial charge in [-0.15, -0.1) is 0 Å². The van der Waals surface area contributed by atoms with Crippen LogP contribution in [0, 0.1) is 30.4 Å². The van der Waals surface area contributed by atoms with Gasteiger partial charge in [-0.25, -0.2) is 8.78 Å². The van der Waals surface area contributed by atoms with E-state index in [1.807, 2.05) is 6.92 Å². The molecular formula is C15H23F2N. The van der Waals surface area contributed by atoms with Crippen LogP contribution in [0.5, 0.6) is 0 Å². The highest BCUT2D eigenvalue weighted by Crippen LogP contribution is 2.30. The third-order valence-electron chi connectivity index (χ3n) is 3.61. The third kappa shape index (κ3) is 3.29. The van der Waals surface area contributed by atoms with Crippen LogP contribution in [0.1, 0.15) is 44.9 Å². The lowest BCUT2D eigenvalue weighted by molar-refractivity contribution is 0.300. The zero-order valence-corrected chi connectivity index (χ0v) is 11.8. The van der Waals surface area contributed by atoms with E-state index >= 15 is 0 Å². The van der Waals surface area contributed by atoms with Crippen molar-refractivity contribution in [3.8, 4) is 0 Å². The van der Waals surface area contributed by atoms with Crippen LogP contribution < -0.4 is 5.32 Å². The van der Waals surface area contributed by atoms with Gasteiger partial charge in [0.1, 0.15) is 11.6 Å². The molecule has 0 aliphatic carbocycles. The van der Waals surface area contributed by atoms with E-state index in [4.69, 9.17) is 0 Å². The first kappa shape index (κ1) is 15.1. The van der Waals surface area contributed by atoms with E-state index in [-0.39, 0.29) is 23.6 Å². The minimum Gasteiger partial charge on any atom is -0.310 e. The summed E-state index contributed by atoms with van der Waals surface area (Å²) in [6.45, 7) is 10.5. The first-order chi connectivity index (χ1) is 8.38. The lowest BCUT2D eigenvalue weighted by Crippen LogP contribution is -2.30. The predicted octanol–water partition coefficient (Wildman–Crippen LogP) is 4.22. The van der Waals surface area contributed by atoms with Crippen molar-refractivity contribution < 1.29 is 8.78 Å². The second-order valence-corrected chi connectivity index (χ2v) is 5.26. The van der Waals surface area contributed by atoms with Crippen LogP contribution in [0.3, 0.4) is 0 Å². The molecule has 2 atom stereocenters. The maximum Gasteiger partial charge on any atom is 0.128 e. The van der Waals surface area contributed by atoms with Crippen molar-refractivity contribution in [3.05, 3.63) is 34.9 Å². The molecule has 0 aromatic heterocycles. The summed E-state index contributed by atoms with van der Waals surface area (Å²) >= 11 is 0. The Hall–Kier alpha value is -0.960. The standard InChI is InChI=1S/C15H23F2N/c1-6-18-15(11(5)9(2)3)12-8-13(16)10(4)7-14(12)17/h7-9,11,15,18H,6H2,1-5H3. The maximum absolute atomic E-state index is 14.0. The van der Waals surface area contributed by atoms with Gasteiger partial charge in [-0.2, -0.15) is 0 Å². The zero-order valence-electron chi connectivity index (χ0n) is 11.8. The van der Waals surface area contributed by atoms with Crippen LogP contribution in [0.15, 0.2) is 12.1 Å². The summed E-state index contributed by atoms with van der Waals surface area (Å²) in [5.74, 6) is -0.0306. The summed E-state index contributed by atoms with van der Waals surface area (Å²) in [7, 11) is 0. The van der Waals surface area contributed by atoms with Gasteiger partial charge in [0.25, 0.3) is 0 Å². The summed E-state index contributed by atoms with van der Waals surface area (Å²) < 4.78 is 27.7. The van der Waals surface area contributed by atoms with Crippen LogP contribution in [-0.2, 0) is 0 Å². The first-order valence-corrected chi connectivity index (χ1v) is 6.57. The van der Waals surface area contributed by atoms with E-state index in [0.29, 0.717) is 17.0 Å². The van der Waals surface area contributed by atoms with Crippen LogP contribution in [0.2, 0.25) is 0 Å². The normalized spacial score (nSPS) is 14.9. The Kier molecular flexibility index (Phi) is 5.27. The smallest absolute Gasteiger partial charge is 0.128 e. The molecule has 0 amide bonds. The SMILES string of the molecule is CCNC(c1cc(F)c(C)cc1F)C(C)C(C)C. The molecule has 0 heterocycles. The van der Waals surface area contributed by atoms with E-state index in [1.54, 1.807) is 6.92 Å². The summed E-state index contributed by atoms with van der Waals surface area (Å²) in [5.41, 5.74) is 0.782. The van der Waals surface area contributed by atoms with Gasteiger partial charge in [-0.1, -0.05) is 27.7 Å². The number of aryl methyl sites for hydroxylation is 1. The molecule has 1 N–H and O–H groups in total. The molecule has 0 aliphatic rings. The van der Waals surface area contributed by atoms with Crippen LogP contribution in [-0.4, -0.2) is 6.54 Å². The van der Waals surface area contributed by atoms with Crippen molar-refractivity contribution in [2.24, 2.45) is 11.8 Å². The highest BCUT2D eigenvalue weighted by molar-refractivity contribution is 5.28. The van der Waals surface area contributed by atoms with Gasteiger partial charge in [-0.05, 0) is 43.0 Å². The third-order valence-corrected chi connectivity index (χ3v) is 3.61. The van der Waals surface area contributed by atoms with Gasteiger partial charge in [0.2, 0.25) is 0 Å². The predicted molar refractivity (Wildman–Crippen MR) is 71.5 cm³/mol. The van der Waals surface area contributed by atoms with E-state index in [0.717, 1.165) is 6.54 Å².